The smallest absolute Gasteiger partial charge is 0.330 e. The zero-order chi connectivity index (χ0) is 28.6. The Morgan fingerprint density at radius 2 is 1.84 bits per heavy atom. The Hall–Kier alpha value is -1.83. The van der Waals surface area contributed by atoms with Crippen molar-refractivity contribution in [3.8, 4) is 0 Å². The molecular formula is C17H27N4O15P2-. The third-order valence-electron chi connectivity index (χ3n) is 5.71. The van der Waals surface area contributed by atoms with Gasteiger partial charge in [-0.05, 0) is 6.92 Å². The largest absolute Gasteiger partial charge is 0.756 e. The molecule has 1 amide bonds. The van der Waals surface area contributed by atoms with Gasteiger partial charge in [-0.3, -0.25) is 32.8 Å². The fraction of sp³-hybridized carbons (Fsp3) is 0.706. The number of ether oxygens (including phenoxy) is 2. The van der Waals surface area contributed by atoms with Crippen molar-refractivity contribution in [2.75, 3.05) is 6.61 Å². The van der Waals surface area contributed by atoms with Gasteiger partial charge in [-0.25, -0.2) is 9.11 Å². The molecule has 0 bridgehead atoms. The van der Waals surface area contributed by atoms with Crippen molar-refractivity contribution in [2.45, 2.75) is 69.0 Å². The van der Waals surface area contributed by atoms with Crippen LogP contribution in [0, 0.1) is 0 Å². The maximum absolute atomic E-state index is 12.3. The van der Waals surface area contributed by atoms with Crippen LogP contribution >= 0.6 is 15.6 Å². The minimum Gasteiger partial charge on any atom is -0.756 e. The molecule has 19 nitrogen and oxygen atoms in total. The van der Waals surface area contributed by atoms with Crippen LogP contribution in [0.3, 0.4) is 0 Å². The van der Waals surface area contributed by atoms with Crippen LogP contribution in [-0.2, 0) is 36.8 Å². The van der Waals surface area contributed by atoms with Crippen molar-refractivity contribution in [3.63, 3.8) is 0 Å². The second kappa shape index (κ2) is 11.7. The molecule has 0 spiro atoms. The van der Waals surface area contributed by atoms with Crippen LogP contribution in [-0.4, -0.2) is 86.3 Å². The number of H-pyrrole nitrogens is 1. The van der Waals surface area contributed by atoms with E-state index in [9.17, 15) is 48.6 Å². The third kappa shape index (κ3) is 7.22. The monoisotopic (exact) mass is 589 g/mol. The quantitative estimate of drug-likeness (QED) is 0.146. The number of phosphoric acid groups is 2. The number of rotatable bonds is 9. The van der Waals surface area contributed by atoms with Gasteiger partial charge < -0.3 is 50.2 Å². The average molecular weight is 589 g/mol. The summed E-state index contributed by atoms with van der Waals surface area (Å²) in [4.78, 5) is 61.0. The highest BCUT2D eigenvalue weighted by molar-refractivity contribution is 7.59. The van der Waals surface area contributed by atoms with E-state index in [1.54, 1.807) is 0 Å². The van der Waals surface area contributed by atoms with E-state index in [1.165, 1.54) is 6.92 Å². The molecule has 2 unspecified atom stereocenters. The van der Waals surface area contributed by atoms with Gasteiger partial charge in [-0.1, -0.05) is 0 Å². The molecule has 2 aliphatic rings. The number of nitrogens with one attached hydrogen (secondary N) is 2. The Morgan fingerprint density at radius 3 is 2.45 bits per heavy atom. The Morgan fingerprint density at radius 1 is 1.18 bits per heavy atom. The maximum Gasteiger partial charge on any atom is 0.330 e. The summed E-state index contributed by atoms with van der Waals surface area (Å²) in [7, 11) is -11.5. The molecule has 11 atom stereocenters. The Kier molecular flexibility index (Phi) is 9.48. The lowest BCUT2D eigenvalue weighted by molar-refractivity contribution is -0.475. The normalized spacial score (nSPS) is 36.8. The Balaban J connectivity index is 1.64. The molecule has 38 heavy (non-hydrogen) atoms. The van der Waals surface area contributed by atoms with Crippen molar-refractivity contribution < 1.29 is 67.6 Å². The van der Waals surface area contributed by atoms with E-state index in [2.05, 4.69) is 24.4 Å². The zero-order valence-electron chi connectivity index (χ0n) is 19.8. The molecule has 216 valence electrons. The summed E-state index contributed by atoms with van der Waals surface area (Å²) < 4.78 is 48.9. The maximum atomic E-state index is 12.3. The molecule has 2 saturated heterocycles. The minimum atomic E-state index is -5.79. The zero-order valence-corrected chi connectivity index (χ0v) is 21.6. The molecule has 3 rings (SSSR count). The number of hydrogen-bond acceptors (Lipinski definition) is 15. The number of carbonyl (C=O) groups excluding carboxylic acids is 1. The minimum absolute atomic E-state index is 0.688. The van der Waals surface area contributed by atoms with E-state index < -0.39 is 94.5 Å². The van der Waals surface area contributed by atoms with E-state index in [1.807, 2.05) is 4.98 Å². The van der Waals surface area contributed by atoms with Crippen molar-refractivity contribution in [1.82, 2.24) is 14.9 Å². The Bertz CT molecular complexity index is 1220. The summed E-state index contributed by atoms with van der Waals surface area (Å²) in [6.07, 6.45) is -9.95. The van der Waals surface area contributed by atoms with Crippen molar-refractivity contribution in [3.05, 3.63) is 33.1 Å². The van der Waals surface area contributed by atoms with E-state index in [0.29, 0.717) is 0 Å². The summed E-state index contributed by atoms with van der Waals surface area (Å²) in [6, 6.07) is -1.33. The molecule has 0 radical (unpaired) electrons. The number of aromatic amines is 1. The molecule has 1 aromatic rings. The van der Waals surface area contributed by atoms with Gasteiger partial charge in [0.05, 0.1) is 6.61 Å². The number of phosphoric ester groups is 2. The number of hydrogen-bond donors (Lipinski definition) is 6. The topological polar surface area (TPSA) is 299 Å². The highest BCUT2D eigenvalue weighted by Gasteiger charge is 2.47. The van der Waals surface area contributed by atoms with Crippen LogP contribution in [0.4, 0.5) is 0 Å². The number of aliphatic hydroxyl groups is 3. The third-order valence-corrected chi connectivity index (χ3v) is 8.25. The molecule has 0 aromatic carbocycles. The molecule has 2 fully saturated rings. The Labute approximate surface area is 213 Å². The van der Waals surface area contributed by atoms with Crippen molar-refractivity contribution in [2.24, 2.45) is 0 Å². The first kappa shape index (κ1) is 30.7. The summed E-state index contributed by atoms with van der Waals surface area (Å²) in [5.74, 6) is -0.688. The highest BCUT2D eigenvalue weighted by atomic mass is 31.3. The number of aromatic nitrogens is 2. The fourth-order valence-corrected chi connectivity index (χ4v) is 5.85. The number of quaternary nitrogens is 1. The lowest BCUT2D eigenvalue weighted by atomic mass is 9.96. The van der Waals surface area contributed by atoms with E-state index >= 15 is 0 Å². The van der Waals surface area contributed by atoms with Crippen LogP contribution in [0.1, 0.15) is 20.1 Å². The molecule has 3 heterocycles. The molecule has 8 N–H and O–H groups in total. The van der Waals surface area contributed by atoms with E-state index in [0.717, 1.165) is 23.8 Å². The van der Waals surface area contributed by atoms with E-state index in [-0.39, 0.29) is 0 Å². The molecule has 2 aliphatic heterocycles. The summed E-state index contributed by atoms with van der Waals surface area (Å²) in [5.41, 5.74) is 1.91. The second-order valence-corrected chi connectivity index (χ2v) is 11.4. The SMILES string of the molecule is CC(=O)N[C@H]1[C@@H](OP(=O)([O-])OP(=O)([O-])OC[C@H]2O[C@@H](n3ccc(=O)[nH]c3=O)[C@H](O)[C@@H]2O)O[C@@H](C)[C@H]([NH3+])[C@@H]1O. The lowest BCUT2D eigenvalue weighted by Gasteiger charge is -2.42. The highest BCUT2D eigenvalue weighted by Crippen LogP contribution is 2.57. The predicted octanol–water partition coefficient (Wildman–Crippen LogP) is -5.64. The van der Waals surface area contributed by atoms with Crippen molar-refractivity contribution >= 4 is 21.6 Å². The van der Waals surface area contributed by atoms with Gasteiger partial charge in [0, 0.05) is 19.2 Å². The molecule has 1 aromatic heterocycles. The van der Waals surface area contributed by atoms with Crippen LogP contribution in [0.15, 0.2) is 21.9 Å². The first-order valence-electron chi connectivity index (χ1n) is 10.9. The van der Waals surface area contributed by atoms with Gasteiger partial charge in [0.25, 0.3) is 21.2 Å². The van der Waals surface area contributed by atoms with Gasteiger partial charge in [0.2, 0.25) is 5.91 Å². The molecular weight excluding hydrogens is 562 g/mol. The first-order chi connectivity index (χ1) is 17.5. The molecule has 0 aliphatic carbocycles. The average Bonchev–Trinajstić information content (AvgIpc) is 3.06. The fourth-order valence-electron chi connectivity index (χ4n) is 3.76. The summed E-state index contributed by atoms with van der Waals surface area (Å²) in [5, 5.41) is 32.9. The number of carbonyl (C=O) groups is 1. The standard InChI is InChI=1S/C17H28N4O15P2/c1-6-10(18)13(25)11(19-7(2)22)16(33-6)35-38(30,31)36-37(28,29)32-5-8-12(24)14(26)15(34-8)21-4-3-9(23)20-17(21)27/h3-4,6,8,10-16,24-26H,5,18H2,1-2H3,(H,19,22)(H,28,29)(H,30,31)(H,20,23,27)/p-1/t6-,8+,10-,11+,12+,13-,14+,15+,16+/m0/s1. The van der Waals surface area contributed by atoms with Gasteiger partial charge in [0.15, 0.2) is 12.5 Å². The van der Waals surface area contributed by atoms with Gasteiger partial charge >= 0.3 is 5.69 Å². The van der Waals surface area contributed by atoms with Gasteiger partial charge in [0.1, 0.15) is 42.6 Å². The number of aliphatic hydroxyl groups excluding tert-OH is 3. The predicted molar refractivity (Wildman–Crippen MR) is 115 cm³/mol. The van der Waals surface area contributed by atoms with Crippen LogP contribution < -0.4 is 32.1 Å². The van der Waals surface area contributed by atoms with Gasteiger partial charge in [-0.2, -0.15) is 0 Å². The van der Waals surface area contributed by atoms with Crippen LogP contribution in [0.5, 0.6) is 0 Å². The van der Waals surface area contributed by atoms with Crippen LogP contribution in [0.25, 0.3) is 0 Å². The summed E-state index contributed by atoms with van der Waals surface area (Å²) >= 11 is 0. The second-order valence-electron chi connectivity index (χ2n) is 8.53. The molecule has 0 saturated carbocycles. The van der Waals surface area contributed by atoms with Crippen LogP contribution in [0.2, 0.25) is 0 Å². The lowest BCUT2D eigenvalue weighted by Crippen LogP contribution is -2.78. The molecule has 21 heteroatoms. The van der Waals surface area contributed by atoms with Gasteiger partial charge in [-0.15, -0.1) is 0 Å². The number of nitrogens with zero attached hydrogens (tertiary/aromatic N) is 1. The van der Waals surface area contributed by atoms with Crippen molar-refractivity contribution in [1.29, 1.82) is 0 Å². The van der Waals surface area contributed by atoms with E-state index in [4.69, 9.17) is 9.47 Å². The number of amides is 1. The first-order valence-corrected chi connectivity index (χ1v) is 13.9. The summed E-state index contributed by atoms with van der Waals surface area (Å²) in [6.45, 7) is 1.43.